The average molecular weight is 280 g/mol. The van der Waals surface area contributed by atoms with Crippen LogP contribution in [0.15, 0.2) is 0 Å². The number of piperazine rings is 1. The van der Waals surface area contributed by atoms with E-state index in [-0.39, 0.29) is 5.60 Å². The average Bonchev–Trinajstić information content (AvgIpc) is 3.32. The summed E-state index contributed by atoms with van der Waals surface area (Å²) in [5, 5.41) is 3.78. The quantitative estimate of drug-likeness (QED) is 0.857. The lowest BCUT2D eigenvalue weighted by atomic mass is 9.84. The van der Waals surface area contributed by atoms with Crippen molar-refractivity contribution in [2.24, 2.45) is 5.92 Å². The molecule has 2 saturated heterocycles. The van der Waals surface area contributed by atoms with E-state index in [9.17, 15) is 0 Å². The molecule has 3 rings (SSSR count). The molecule has 0 amide bonds. The molecule has 0 aromatic rings. The molecule has 3 aliphatic rings. The predicted octanol–water partition coefficient (Wildman–Crippen LogP) is 2.80. The van der Waals surface area contributed by atoms with Crippen LogP contribution in [0.5, 0.6) is 0 Å². The van der Waals surface area contributed by atoms with Crippen molar-refractivity contribution in [1.29, 1.82) is 0 Å². The molecule has 20 heavy (non-hydrogen) atoms. The summed E-state index contributed by atoms with van der Waals surface area (Å²) in [5.74, 6) is 0.965. The molecule has 0 radical (unpaired) electrons. The predicted molar refractivity (Wildman–Crippen MR) is 83.0 cm³/mol. The molecule has 1 N–H and O–H groups in total. The number of nitrogens with one attached hydrogen (secondary N) is 1. The molecule has 0 aromatic heterocycles. The second kappa shape index (κ2) is 5.94. The van der Waals surface area contributed by atoms with E-state index in [2.05, 4.69) is 31.0 Å². The molecular formula is C17H32N2O. The van der Waals surface area contributed by atoms with Crippen LogP contribution >= 0.6 is 0 Å². The van der Waals surface area contributed by atoms with Crippen molar-refractivity contribution in [2.75, 3.05) is 19.7 Å². The smallest absolute Gasteiger partial charge is 0.0692 e. The monoisotopic (exact) mass is 280 g/mol. The lowest BCUT2D eigenvalue weighted by Gasteiger charge is -2.49. The van der Waals surface area contributed by atoms with Crippen LogP contribution in [-0.4, -0.2) is 48.3 Å². The van der Waals surface area contributed by atoms with Crippen molar-refractivity contribution in [3.05, 3.63) is 0 Å². The molecule has 3 heteroatoms. The van der Waals surface area contributed by atoms with E-state index in [1.165, 1.54) is 38.8 Å². The van der Waals surface area contributed by atoms with Gasteiger partial charge in [-0.25, -0.2) is 0 Å². The van der Waals surface area contributed by atoms with Gasteiger partial charge in [0.2, 0.25) is 0 Å². The molecular weight excluding hydrogens is 248 g/mol. The minimum absolute atomic E-state index is 0.155. The van der Waals surface area contributed by atoms with E-state index >= 15 is 0 Å². The highest BCUT2D eigenvalue weighted by molar-refractivity contribution is 4.98. The van der Waals surface area contributed by atoms with Crippen molar-refractivity contribution in [2.45, 2.75) is 83.0 Å². The summed E-state index contributed by atoms with van der Waals surface area (Å²) in [6.45, 7) is 10.4. The summed E-state index contributed by atoms with van der Waals surface area (Å²) >= 11 is 0. The molecule has 2 aliphatic heterocycles. The van der Waals surface area contributed by atoms with E-state index in [4.69, 9.17) is 4.74 Å². The molecule has 0 spiro atoms. The standard InChI is InChI=1S/C17H32N2O/c1-4-17(5-2)10-15(8-9-20-17)19-12-16(14-6-7-14)18-11-13(19)3/h13-16,18H,4-12H2,1-3H3. The summed E-state index contributed by atoms with van der Waals surface area (Å²) in [5.41, 5.74) is 0.155. The van der Waals surface area contributed by atoms with Crippen LogP contribution in [0, 0.1) is 5.92 Å². The highest BCUT2D eigenvalue weighted by Crippen LogP contribution is 2.38. The Balaban J connectivity index is 1.66. The molecule has 116 valence electrons. The van der Waals surface area contributed by atoms with Gasteiger partial charge in [-0.15, -0.1) is 0 Å². The molecule has 3 nitrogen and oxygen atoms in total. The van der Waals surface area contributed by atoms with Gasteiger partial charge in [-0.1, -0.05) is 13.8 Å². The van der Waals surface area contributed by atoms with E-state index < -0.39 is 0 Å². The molecule has 3 atom stereocenters. The molecule has 0 bridgehead atoms. The van der Waals surface area contributed by atoms with E-state index in [0.29, 0.717) is 6.04 Å². The highest BCUT2D eigenvalue weighted by atomic mass is 16.5. The van der Waals surface area contributed by atoms with E-state index in [0.717, 1.165) is 37.5 Å². The van der Waals surface area contributed by atoms with Crippen molar-refractivity contribution < 1.29 is 4.74 Å². The topological polar surface area (TPSA) is 24.5 Å². The fraction of sp³-hybridized carbons (Fsp3) is 1.00. The van der Waals surface area contributed by atoms with Gasteiger partial charge in [-0.05, 0) is 51.4 Å². The van der Waals surface area contributed by atoms with Gasteiger partial charge in [0, 0.05) is 37.8 Å². The zero-order valence-corrected chi connectivity index (χ0v) is 13.5. The fourth-order valence-electron chi connectivity index (χ4n) is 4.26. The van der Waals surface area contributed by atoms with Crippen LogP contribution in [0.4, 0.5) is 0 Å². The Kier molecular flexibility index (Phi) is 4.40. The first-order chi connectivity index (χ1) is 9.67. The van der Waals surface area contributed by atoms with Gasteiger partial charge in [0.25, 0.3) is 0 Å². The van der Waals surface area contributed by atoms with Crippen molar-refractivity contribution in [3.63, 3.8) is 0 Å². The van der Waals surface area contributed by atoms with Crippen LogP contribution in [0.1, 0.15) is 59.3 Å². The Morgan fingerprint density at radius 1 is 1.20 bits per heavy atom. The van der Waals surface area contributed by atoms with Gasteiger partial charge >= 0.3 is 0 Å². The van der Waals surface area contributed by atoms with Crippen LogP contribution in [0.25, 0.3) is 0 Å². The zero-order valence-electron chi connectivity index (χ0n) is 13.5. The summed E-state index contributed by atoms with van der Waals surface area (Å²) in [6.07, 6.45) is 7.67. The largest absolute Gasteiger partial charge is 0.375 e. The summed E-state index contributed by atoms with van der Waals surface area (Å²) < 4.78 is 6.16. The Morgan fingerprint density at radius 3 is 2.60 bits per heavy atom. The maximum absolute atomic E-state index is 6.16. The lowest BCUT2D eigenvalue weighted by molar-refractivity contribution is -0.117. The maximum Gasteiger partial charge on any atom is 0.0692 e. The van der Waals surface area contributed by atoms with E-state index in [1.807, 2.05) is 0 Å². The maximum atomic E-state index is 6.16. The van der Waals surface area contributed by atoms with Gasteiger partial charge in [0.15, 0.2) is 0 Å². The van der Waals surface area contributed by atoms with Gasteiger partial charge in [0.1, 0.15) is 0 Å². The molecule has 2 heterocycles. The SMILES string of the molecule is CCC1(CC)CC(N2CC(C3CC3)NCC2C)CCO1. The second-order valence-corrected chi connectivity index (χ2v) is 7.28. The zero-order chi connectivity index (χ0) is 14.2. The second-order valence-electron chi connectivity index (χ2n) is 7.28. The summed E-state index contributed by atoms with van der Waals surface area (Å²) in [6, 6.07) is 2.17. The Labute approximate surface area is 124 Å². The Bertz CT molecular complexity index is 325. The van der Waals surface area contributed by atoms with Crippen molar-refractivity contribution in [1.82, 2.24) is 10.2 Å². The number of hydrogen-bond acceptors (Lipinski definition) is 3. The summed E-state index contributed by atoms with van der Waals surface area (Å²) in [7, 11) is 0. The highest BCUT2D eigenvalue weighted by Gasteiger charge is 2.42. The number of hydrogen-bond donors (Lipinski definition) is 1. The number of ether oxygens (including phenoxy) is 1. The van der Waals surface area contributed by atoms with Gasteiger partial charge in [-0.3, -0.25) is 4.90 Å². The van der Waals surface area contributed by atoms with Crippen LogP contribution in [-0.2, 0) is 4.74 Å². The molecule has 1 saturated carbocycles. The van der Waals surface area contributed by atoms with Crippen LogP contribution in [0.3, 0.4) is 0 Å². The van der Waals surface area contributed by atoms with Crippen molar-refractivity contribution >= 4 is 0 Å². The lowest BCUT2D eigenvalue weighted by Crippen LogP contribution is -2.61. The van der Waals surface area contributed by atoms with Crippen LogP contribution in [0.2, 0.25) is 0 Å². The first-order valence-corrected chi connectivity index (χ1v) is 8.80. The summed E-state index contributed by atoms with van der Waals surface area (Å²) in [4.78, 5) is 2.81. The first-order valence-electron chi connectivity index (χ1n) is 8.80. The fourth-order valence-corrected chi connectivity index (χ4v) is 4.26. The van der Waals surface area contributed by atoms with Gasteiger partial charge in [0.05, 0.1) is 5.60 Å². The van der Waals surface area contributed by atoms with E-state index in [1.54, 1.807) is 0 Å². The molecule has 3 unspecified atom stereocenters. The first kappa shape index (κ1) is 14.8. The third-order valence-electron chi connectivity index (χ3n) is 6.06. The third-order valence-corrected chi connectivity index (χ3v) is 6.06. The normalized spacial score (nSPS) is 38.9. The van der Waals surface area contributed by atoms with Crippen LogP contribution < -0.4 is 5.32 Å². The molecule has 0 aromatic carbocycles. The Morgan fingerprint density at radius 2 is 1.95 bits per heavy atom. The number of rotatable bonds is 4. The molecule has 3 fully saturated rings. The van der Waals surface area contributed by atoms with Gasteiger partial charge in [-0.2, -0.15) is 0 Å². The Hall–Kier alpha value is -0.120. The minimum atomic E-state index is 0.155. The van der Waals surface area contributed by atoms with Crippen molar-refractivity contribution in [3.8, 4) is 0 Å². The van der Waals surface area contributed by atoms with Gasteiger partial charge < -0.3 is 10.1 Å². The number of nitrogens with zero attached hydrogens (tertiary/aromatic N) is 1. The molecule has 1 aliphatic carbocycles. The minimum Gasteiger partial charge on any atom is -0.375 e. The third kappa shape index (κ3) is 2.90.